The van der Waals surface area contributed by atoms with Crippen LogP contribution < -0.4 is 0 Å². The summed E-state index contributed by atoms with van der Waals surface area (Å²) in [6.45, 7) is 6.57. The Bertz CT molecular complexity index is 772. The minimum absolute atomic E-state index is 0.377. The molecule has 1 heterocycles. The molecule has 9 heteroatoms. The molecular formula is C17H15Br8N. The van der Waals surface area contributed by atoms with Crippen LogP contribution in [0.2, 0.25) is 0 Å². The highest BCUT2D eigenvalue weighted by Crippen LogP contribution is 2.77. The molecule has 0 amide bonds. The number of benzene rings is 1. The molecule has 1 fully saturated rings. The first kappa shape index (κ1) is 23.3. The van der Waals surface area contributed by atoms with Crippen LogP contribution in [0.3, 0.4) is 0 Å². The number of alkyl halides is 7. The van der Waals surface area contributed by atoms with Gasteiger partial charge in [0.15, 0.2) is 0 Å². The minimum Gasteiger partial charge on any atom is -0.289 e. The number of allylic oxidation sites excluding steroid dienone is 2. The van der Waals surface area contributed by atoms with Crippen LogP contribution in [0, 0.1) is 0 Å². The number of nitrogens with zero attached hydrogens (tertiary/aromatic N) is 1. The lowest BCUT2D eigenvalue weighted by atomic mass is 9.70. The van der Waals surface area contributed by atoms with E-state index in [1.165, 1.54) is 0 Å². The molecule has 1 saturated heterocycles. The zero-order valence-corrected chi connectivity index (χ0v) is 26.6. The predicted molar refractivity (Wildman–Crippen MR) is 140 cm³/mol. The molecule has 0 bridgehead atoms. The van der Waals surface area contributed by atoms with E-state index in [2.05, 4.69) is 183 Å². The summed E-state index contributed by atoms with van der Waals surface area (Å²) in [4.78, 5) is 0. The zero-order valence-electron chi connectivity index (χ0n) is 13.9. The molecule has 5 atom stereocenters. The normalized spacial score (nSPS) is 47.5. The van der Waals surface area contributed by atoms with E-state index in [0.717, 1.165) is 11.3 Å². The molecule has 1 aromatic rings. The van der Waals surface area contributed by atoms with Crippen LogP contribution in [0.4, 0.5) is 0 Å². The first-order chi connectivity index (χ1) is 11.6. The molecule has 144 valence electrons. The maximum Gasteiger partial charge on any atom is 0.148 e. The lowest BCUT2D eigenvalue weighted by molar-refractivity contribution is 0.350. The van der Waals surface area contributed by atoms with Gasteiger partial charge in [0.05, 0.1) is 29.1 Å². The minimum atomic E-state index is -0.547. The summed E-state index contributed by atoms with van der Waals surface area (Å²) >= 11 is 32.1. The zero-order chi connectivity index (χ0) is 20.0. The molecule has 1 nitrogen and oxygen atoms in total. The Morgan fingerprint density at radius 2 is 1.23 bits per heavy atom. The van der Waals surface area contributed by atoms with Crippen molar-refractivity contribution in [2.75, 3.05) is 0 Å². The summed E-state index contributed by atoms with van der Waals surface area (Å²) < 4.78 is -0.627. The molecular weight excluding hydrogens is 857 g/mol. The number of fused-ring (bicyclic) bond motifs is 1. The third kappa shape index (κ3) is 2.56. The summed E-state index contributed by atoms with van der Waals surface area (Å²) in [7, 11) is 0. The van der Waals surface area contributed by atoms with Gasteiger partial charge < -0.3 is 0 Å². The van der Waals surface area contributed by atoms with E-state index >= 15 is 0 Å². The Labute approximate surface area is 222 Å². The van der Waals surface area contributed by atoms with Gasteiger partial charge in [-0.1, -0.05) is 142 Å². The Morgan fingerprint density at radius 1 is 0.731 bits per heavy atom. The molecule has 0 N–H and O–H groups in total. The van der Waals surface area contributed by atoms with Crippen LogP contribution in [-0.4, -0.2) is 24.5 Å². The van der Waals surface area contributed by atoms with Gasteiger partial charge in [0.25, 0.3) is 0 Å². The average molecular weight is 873 g/mol. The first-order valence-corrected chi connectivity index (χ1v) is 13.9. The highest BCUT2D eigenvalue weighted by Gasteiger charge is 2.80. The van der Waals surface area contributed by atoms with Gasteiger partial charge in [0.2, 0.25) is 0 Å². The molecule has 1 aromatic carbocycles. The van der Waals surface area contributed by atoms with Crippen molar-refractivity contribution in [1.29, 1.82) is 0 Å². The van der Waals surface area contributed by atoms with Crippen molar-refractivity contribution in [3.05, 3.63) is 47.7 Å². The summed E-state index contributed by atoms with van der Waals surface area (Å²) in [6.07, 6.45) is 2.19. The molecule has 0 radical (unpaired) electrons. The molecule has 2 aliphatic rings. The van der Waals surface area contributed by atoms with Crippen LogP contribution in [0.1, 0.15) is 26.3 Å². The van der Waals surface area contributed by atoms with Crippen molar-refractivity contribution in [3.8, 4) is 0 Å². The fourth-order valence-corrected chi connectivity index (χ4v) is 11.8. The van der Waals surface area contributed by atoms with Crippen LogP contribution in [0.15, 0.2) is 42.1 Å². The molecule has 1 aliphatic carbocycles. The van der Waals surface area contributed by atoms with Gasteiger partial charge in [-0.2, -0.15) is 0 Å². The molecule has 0 saturated carbocycles. The van der Waals surface area contributed by atoms with E-state index in [4.69, 9.17) is 0 Å². The first-order valence-electron chi connectivity index (χ1n) is 7.68. The molecule has 5 unspecified atom stereocenters. The summed E-state index contributed by atoms with van der Waals surface area (Å²) in [5, 5.41) is 0. The lowest BCUT2D eigenvalue weighted by Gasteiger charge is -2.59. The van der Waals surface area contributed by atoms with Crippen molar-refractivity contribution in [1.82, 2.24) is 3.93 Å². The maximum atomic E-state index is 4.17. The van der Waals surface area contributed by atoms with Crippen molar-refractivity contribution >= 4 is 128 Å². The van der Waals surface area contributed by atoms with E-state index in [-0.39, 0.29) is 4.32 Å². The molecule has 26 heavy (non-hydrogen) atoms. The van der Waals surface area contributed by atoms with Crippen molar-refractivity contribution in [2.45, 2.75) is 45.7 Å². The average Bonchev–Trinajstić information content (AvgIpc) is 2.66. The second-order valence-electron chi connectivity index (χ2n) is 7.09. The Morgan fingerprint density at radius 3 is 1.73 bits per heavy atom. The van der Waals surface area contributed by atoms with E-state index in [1.807, 2.05) is 6.07 Å². The topological polar surface area (TPSA) is 3.24 Å². The summed E-state index contributed by atoms with van der Waals surface area (Å²) in [6, 6.07) is 10.4. The van der Waals surface area contributed by atoms with Crippen LogP contribution in [0.25, 0.3) is 0 Å². The van der Waals surface area contributed by atoms with E-state index in [0.29, 0.717) is 0 Å². The van der Waals surface area contributed by atoms with E-state index in [1.54, 1.807) is 0 Å². The van der Waals surface area contributed by atoms with Gasteiger partial charge in [-0.05, 0) is 32.4 Å². The predicted octanol–water partition coefficient (Wildman–Crippen LogP) is 8.84. The fourth-order valence-electron chi connectivity index (χ4n) is 3.78. The van der Waals surface area contributed by atoms with Crippen LogP contribution in [0.5, 0.6) is 0 Å². The van der Waals surface area contributed by atoms with Gasteiger partial charge in [-0.25, -0.2) is 0 Å². The summed E-state index contributed by atoms with van der Waals surface area (Å²) in [5.41, 5.74) is 2.22. The third-order valence-corrected chi connectivity index (χ3v) is 19.9. The SMILES string of the molecule is CC1(Br)C(Br)(Br)C=C2N(Br)C(Br)(c3ccccc3)C(C)(Br)C2(Br)C1(C)Br. The lowest BCUT2D eigenvalue weighted by Crippen LogP contribution is -2.69. The number of hydrogen-bond donors (Lipinski definition) is 0. The van der Waals surface area contributed by atoms with E-state index < -0.39 is 20.7 Å². The standard InChI is InChI=1S/C17H15Br8N/c1-12(18)13(2,19)16(23)11(9-15(12,21)22)26(25)17(24,14(16,3)20)10-7-5-4-6-8-10/h4-9H,1-3H3. The van der Waals surface area contributed by atoms with Gasteiger partial charge in [-0.3, -0.25) is 3.93 Å². The molecule has 0 aromatic heterocycles. The van der Waals surface area contributed by atoms with Gasteiger partial charge in [0, 0.05) is 5.70 Å². The largest absolute Gasteiger partial charge is 0.289 e. The number of hydrogen-bond acceptors (Lipinski definition) is 1. The second-order valence-corrected chi connectivity index (χ2v) is 18.5. The quantitative estimate of drug-likeness (QED) is 0.155. The molecule has 3 rings (SSSR count). The molecule has 0 spiro atoms. The van der Waals surface area contributed by atoms with Crippen LogP contribution in [-0.2, 0) is 4.45 Å². The Balaban J connectivity index is 2.39. The van der Waals surface area contributed by atoms with Gasteiger partial charge >= 0.3 is 0 Å². The fraction of sp³-hybridized carbons (Fsp3) is 0.529. The van der Waals surface area contributed by atoms with Crippen molar-refractivity contribution in [2.24, 2.45) is 0 Å². The van der Waals surface area contributed by atoms with Crippen molar-refractivity contribution in [3.63, 3.8) is 0 Å². The van der Waals surface area contributed by atoms with Gasteiger partial charge in [-0.15, -0.1) is 0 Å². The number of halogens is 8. The Hall–Kier alpha value is 2.60. The highest BCUT2D eigenvalue weighted by atomic mass is 79.9. The summed E-state index contributed by atoms with van der Waals surface area (Å²) in [5.74, 6) is 0. The number of rotatable bonds is 1. The third-order valence-electron chi connectivity index (χ3n) is 5.73. The highest BCUT2D eigenvalue weighted by molar-refractivity contribution is 9.26. The van der Waals surface area contributed by atoms with Gasteiger partial charge in [0.1, 0.15) is 12.0 Å². The van der Waals surface area contributed by atoms with E-state index in [9.17, 15) is 0 Å². The smallest absolute Gasteiger partial charge is 0.148 e. The van der Waals surface area contributed by atoms with Crippen molar-refractivity contribution < 1.29 is 0 Å². The Kier molecular flexibility index (Phi) is 6.08. The molecule has 1 aliphatic heterocycles. The maximum absolute atomic E-state index is 4.17. The van der Waals surface area contributed by atoms with Crippen LogP contribution >= 0.6 is 128 Å². The second kappa shape index (κ2) is 6.80. The monoisotopic (exact) mass is 864 g/mol.